The molecule has 1 amide bonds. The van der Waals surface area contributed by atoms with Crippen molar-refractivity contribution >= 4 is 39.4 Å². The highest BCUT2D eigenvalue weighted by atomic mass is 79.9. The number of carbonyl (C=O) groups is 2. The van der Waals surface area contributed by atoms with E-state index in [0.29, 0.717) is 27.7 Å². The number of hydrogen-bond acceptors (Lipinski definition) is 4. The number of carboxylic acid groups (broad SMARTS) is 1. The van der Waals surface area contributed by atoms with Crippen molar-refractivity contribution in [3.63, 3.8) is 0 Å². The van der Waals surface area contributed by atoms with Crippen LogP contribution in [-0.4, -0.2) is 38.3 Å². The van der Waals surface area contributed by atoms with Gasteiger partial charge in [0.15, 0.2) is 5.82 Å². The predicted octanol–water partition coefficient (Wildman–Crippen LogP) is 4.31. The summed E-state index contributed by atoms with van der Waals surface area (Å²) in [6, 6.07) is 14.9. The Morgan fingerprint density at radius 2 is 2.00 bits per heavy atom. The van der Waals surface area contributed by atoms with Crippen LogP contribution >= 0.6 is 27.5 Å². The molecule has 0 bridgehead atoms. The van der Waals surface area contributed by atoms with Crippen LogP contribution in [0.1, 0.15) is 35.3 Å². The third-order valence-corrected chi connectivity index (χ3v) is 5.21. The SMILES string of the molecule is CCNC(=O)c1cc(Br)nn1-c1ncccc1Cl.O=C(O)C1CC1c1ccccc1. The number of nitrogens with zero attached hydrogens (tertiary/aromatic N) is 3. The summed E-state index contributed by atoms with van der Waals surface area (Å²) in [4.78, 5) is 26.6. The second kappa shape index (κ2) is 9.86. The molecular formula is C21H20BrClN4O3. The average molecular weight is 492 g/mol. The van der Waals surface area contributed by atoms with E-state index in [2.05, 4.69) is 31.3 Å². The Hall–Kier alpha value is -2.71. The second-order valence-corrected chi connectivity index (χ2v) is 7.85. The molecule has 0 radical (unpaired) electrons. The van der Waals surface area contributed by atoms with E-state index >= 15 is 0 Å². The van der Waals surface area contributed by atoms with Crippen molar-refractivity contribution in [1.29, 1.82) is 0 Å². The fourth-order valence-electron chi connectivity index (χ4n) is 3.00. The number of aromatic nitrogens is 3. The molecule has 7 nitrogen and oxygen atoms in total. The number of amides is 1. The minimum Gasteiger partial charge on any atom is -0.481 e. The standard InChI is InChI=1S/C11H10BrClN4O.C10H10O2/c1-2-14-11(18)8-6-9(12)16-17(8)10-7(13)4-3-5-15-10;11-10(12)9-6-8(9)7-4-2-1-3-5-7/h3-6H,2H2,1H3,(H,14,18);1-5,8-9H,6H2,(H,11,12). The lowest BCUT2D eigenvalue weighted by Gasteiger charge is -2.07. The van der Waals surface area contributed by atoms with Crippen LogP contribution < -0.4 is 5.32 Å². The highest BCUT2D eigenvalue weighted by molar-refractivity contribution is 9.10. The molecule has 1 fully saturated rings. The quantitative estimate of drug-likeness (QED) is 0.554. The number of rotatable bonds is 5. The first-order chi connectivity index (χ1) is 14.4. The number of nitrogens with one attached hydrogen (secondary N) is 1. The topological polar surface area (TPSA) is 97.1 Å². The summed E-state index contributed by atoms with van der Waals surface area (Å²) in [7, 11) is 0. The summed E-state index contributed by atoms with van der Waals surface area (Å²) in [5, 5.41) is 16.0. The third kappa shape index (κ3) is 5.25. The maximum Gasteiger partial charge on any atom is 0.307 e. The number of halogens is 2. The van der Waals surface area contributed by atoms with Crippen LogP contribution in [0.2, 0.25) is 5.02 Å². The van der Waals surface area contributed by atoms with Gasteiger partial charge in [-0.3, -0.25) is 9.59 Å². The molecule has 2 heterocycles. The first kappa shape index (κ1) is 22.0. The molecule has 0 aliphatic heterocycles. The summed E-state index contributed by atoms with van der Waals surface area (Å²) < 4.78 is 1.96. The van der Waals surface area contributed by atoms with Crippen LogP contribution in [0, 0.1) is 5.92 Å². The van der Waals surface area contributed by atoms with Crippen molar-refractivity contribution < 1.29 is 14.7 Å². The molecule has 0 saturated heterocycles. The van der Waals surface area contributed by atoms with Gasteiger partial charge in [0.1, 0.15) is 10.3 Å². The maximum absolute atomic E-state index is 11.9. The van der Waals surface area contributed by atoms with Gasteiger partial charge in [-0.25, -0.2) is 9.67 Å². The first-order valence-electron chi connectivity index (χ1n) is 9.34. The van der Waals surface area contributed by atoms with Crippen molar-refractivity contribution in [2.24, 2.45) is 5.92 Å². The zero-order chi connectivity index (χ0) is 21.7. The van der Waals surface area contributed by atoms with Crippen molar-refractivity contribution in [3.8, 4) is 5.82 Å². The largest absolute Gasteiger partial charge is 0.481 e. The van der Waals surface area contributed by atoms with E-state index in [1.807, 2.05) is 37.3 Å². The minimum absolute atomic E-state index is 0.132. The van der Waals surface area contributed by atoms with Gasteiger partial charge in [-0.2, -0.15) is 5.10 Å². The van der Waals surface area contributed by atoms with Crippen LogP contribution in [0.4, 0.5) is 0 Å². The van der Waals surface area contributed by atoms with Gasteiger partial charge in [0.05, 0.1) is 10.9 Å². The number of benzene rings is 1. The fourth-order valence-corrected chi connectivity index (χ4v) is 3.57. The van der Waals surface area contributed by atoms with E-state index in [1.54, 1.807) is 24.4 Å². The zero-order valence-electron chi connectivity index (χ0n) is 16.1. The summed E-state index contributed by atoms with van der Waals surface area (Å²) in [5.74, 6) is -0.330. The van der Waals surface area contributed by atoms with E-state index in [4.69, 9.17) is 16.7 Å². The number of carboxylic acids is 1. The van der Waals surface area contributed by atoms with E-state index < -0.39 is 5.97 Å². The van der Waals surface area contributed by atoms with E-state index in [9.17, 15) is 9.59 Å². The minimum atomic E-state index is -0.663. The Kier molecular flexibility index (Phi) is 7.23. The number of hydrogen-bond donors (Lipinski definition) is 2. The number of carbonyl (C=O) groups excluding carboxylic acids is 1. The molecule has 3 aromatic rings. The molecule has 2 atom stereocenters. The van der Waals surface area contributed by atoms with Gasteiger partial charge in [0.25, 0.3) is 5.91 Å². The highest BCUT2D eigenvalue weighted by Crippen LogP contribution is 2.47. The zero-order valence-corrected chi connectivity index (χ0v) is 18.5. The molecule has 1 aliphatic carbocycles. The van der Waals surface area contributed by atoms with Gasteiger partial charge >= 0.3 is 5.97 Å². The van der Waals surface area contributed by atoms with Gasteiger partial charge in [-0.05, 0) is 52.9 Å². The van der Waals surface area contributed by atoms with Gasteiger partial charge in [-0.1, -0.05) is 41.9 Å². The average Bonchev–Trinajstić information content (AvgIpc) is 3.46. The Morgan fingerprint density at radius 1 is 1.27 bits per heavy atom. The van der Waals surface area contributed by atoms with E-state index in [-0.39, 0.29) is 17.7 Å². The Morgan fingerprint density at radius 3 is 2.60 bits per heavy atom. The lowest BCUT2D eigenvalue weighted by Crippen LogP contribution is -2.25. The summed E-state index contributed by atoms with van der Waals surface area (Å²) in [6.07, 6.45) is 2.40. The van der Waals surface area contributed by atoms with Crippen LogP contribution in [-0.2, 0) is 4.79 Å². The van der Waals surface area contributed by atoms with Crippen LogP contribution in [0.5, 0.6) is 0 Å². The highest BCUT2D eigenvalue weighted by Gasteiger charge is 2.43. The van der Waals surface area contributed by atoms with Crippen LogP contribution in [0.3, 0.4) is 0 Å². The Labute approximate surface area is 187 Å². The predicted molar refractivity (Wildman–Crippen MR) is 117 cm³/mol. The van der Waals surface area contributed by atoms with Crippen molar-refractivity contribution in [3.05, 3.63) is 75.6 Å². The molecule has 156 valence electrons. The fraction of sp³-hybridized carbons (Fsp3) is 0.238. The second-order valence-electron chi connectivity index (χ2n) is 6.63. The van der Waals surface area contributed by atoms with E-state index in [0.717, 1.165) is 12.0 Å². The summed E-state index contributed by atoms with van der Waals surface area (Å²) >= 11 is 9.29. The van der Waals surface area contributed by atoms with Crippen LogP contribution in [0.15, 0.2) is 59.3 Å². The first-order valence-corrected chi connectivity index (χ1v) is 10.5. The van der Waals surface area contributed by atoms with Crippen LogP contribution in [0.25, 0.3) is 5.82 Å². The number of pyridine rings is 1. The molecule has 30 heavy (non-hydrogen) atoms. The van der Waals surface area contributed by atoms with Gasteiger partial charge < -0.3 is 10.4 Å². The summed E-state index contributed by atoms with van der Waals surface area (Å²) in [6.45, 7) is 2.39. The third-order valence-electron chi connectivity index (χ3n) is 4.52. The van der Waals surface area contributed by atoms with Gasteiger partial charge in [0.2, 0.25) is 0 Å². The van der Waals surface area contributed by atoms with Gasteiger partial charge in [0, 0.05) is 18.8 Å². The molecule has 2 aromatic heterocycles. The molecule has 1 aromatic carbocycles. The lowest BCUT2D eigenvalue weighted by molar-refractivity contribution is -0.138. The van der Waals surface area contributed by atoms with E-state index in [1.165, 1.54) is 4.68 Å². The summed E-state index contributed by atoms with van der Waals surface area (Å²) in [5.41, 5.74) is 1.54. The number of aliphatic carboxylic acids is 1. The monoisotopic (exact) mass is 490 g/mol. The lowest BCUT2D eigenvalue weighted by atomic mass is 10.1. The molecule has 1 saturated carbocycles. The molecule has 2 unspecified atom stereocenters. The molecule has 4 rings (SSSR count). The molecule has 1 aliphatic rings. The normalized spacial score (nSPS) is 16.9. The molecular weight excluding hydrogens is 472 g/mol. The van der Waals surface area contributed by atoms with Crippen molar-refractivity contribution in [2.45, 2.75) is 19.3 Å². The van der Waals surface area contributed by atoms with Gasteiger partial charge in [-0.15, -0.1) is 0 Å². The smallest absolute Gasteiger partial charge is 0.307 e. The molecule has 2 N–H and O–H groups in total. The maximum atomic E-state index is 11.9. The molecule has 0 spiro atoms. The molecule has 9 heteroatoms. The Bertz CT molecular complexity index is 1040. The Balaban J connectivity index is 0.000000184. The van der Waals surface area contributed by atoms with Crippen molar-refractivity contribution in [2.75, 3.05) is 6.54 Å². The van der Waals surface area contributed by atoms with Crippen molar-refractivity contribution in [1.82, 2.24) is 20.1 Å².